The fourth-order valence-corrected chi connectivity index (χ4v) is 3.40. The van der Waals surface area contributed by atoms with Gasteiger partial charge in [-0.05, 0) is 36.8 Å². The van der Waals surface area contributed by atoms with Crippen molar-refractivity contribution < 1.29 is 0 Å². The van der Waals surface area contributed by atoms with Crippen LogP contribution in [0.15, 0.2) is 42.7 Å². The molecular weight excluding hydrogens is 246 g/mol. The second-order valence-corrected chi connectivity index (χ2v) is 5.81. The van der Waals surface area contributed by atoms with Crippen LogP contribution in [0, 0.1) is 11.8 Å². The molecule has 1 saturated carbocycles. The minimum Gasteiger partial charge on any atom is -0.352 e. The van der Waals surface area contributed by atoms with Gasteiger partial charge in [0, 0.05) is 24.1 Å². The Balaban J connectivity index is 1.78. The highest BCUT2D eigenvalue weighted by Crippen LogP contribution is 2.35. The molecule has 3 heteroatoms. The zero-order valence-corrected chi connectivity index (χ0v) is 12.3. The van der Waals surface area contributed by atoms with Crippen molar-refractivity contribution >= 4 is 5.95 Å². The molecule has 20 heavy (non-hydrogen) atoms. The SMILES string of the molecule is CCC1CCC(Nc2nccn2-c2ccccc2)C1C. The number of anilines is 1. The van der Waals surface area contributed by atoms with E-state index < -0.39 is 0 Å². The summed E-state index contributed by atoms with van der Waals surface area (Å²) in [5, 5.41) is 3.65. The maximum Gasteiger partial charge on any atom is 0.207 e. The van der Waals surface area contributed by atoms with Gasteiger partial charge >= 0.3 is 0 Å². The van der Waals surface area contributed by atoms with Crippen molar-refractivity contribution in [3.05, 3.63) is 42.7 Å². The molecule has 1 aromatic heterocycles. The number of aromatic nitrogens is 2. The summed E-state index contributed by atoms with van der Waals surface area (Å²) in [6.45, 7) is 4.67. The van der Waals surface area contributed by atoms with E-state index in [4.69, 9.17) is 0 Å². The first-order valence-corrected chi connectivity index (χ1v) is 7.65. The molecule has 1 aliphatic rings. The molecule has 3 unspecified atom stereocenters. The van der Waals surface area contributed by atoms with Gasteiger partial charge in [0.25, 0.3) is 0 Å². The lowest BCUT2D eigenvalue weighted by Crippen LogP contribution is -2.26. The quantitative estimate of drug-likeness (QED) is 0.905. The molecular formula is C17H23N3. The van der Waals surface area contributed by atoms with E-state index in [1.165, 1.54) is 19.3 Å². The molecule has 3 rings (SSSR count). The van der Waals surface area contributed by atoms with Gasteiger partial charge in [-0.25, -0.2) is 4.98 Å². The first-order valence-electron chi connectivity index (χ1n) is 7.65. The van der Waals surface area contributed by atoms with E-state index in [2.05, 4.69) is 53.0 Å². The maximum absolute atomic E-state index is 4.49. The Hall–Kier alpha value is -1.77. The molecule has 1 heterocycles. The third-order valence-electron chi connectivity index (χ3n) is 4.74. The second kappa shape index (κ2) is 5.70. The van der Waals surface area contributed by atoms with Crippen LogP contribution in [0.1, 0.15) is 33.1 Å². The maximum atomic E-state index is 4.49. The second-order valence-electron chi connectivity index (χ2n) is 5.81. The number of para-hydroxylation sites is 1. The van der Waals surface area contributed by atoms with Crippen LogP contribution in [0.3, 0.4) is 0 Å². The number of hydrogen-bond donors (Lipinski definition) is 1. The van der Waals surface area contributed by atoms with Gasteiger partial charge < -0.3 is 5.32 Å². The lowest BCUT2D eigenvalue weighted by atomic mass is 9.94. The van der Waals surface area contributed by atoms with E-state index in [1.807, 2.05) is 18.5 Å². The monoisotopic (exact) mass is 269 g/mol. The average Bonchev–Trinajstić information content (AvgIpc) is 3.08. The number of hydrogen-bond acceptors (Lipinski definition) is 2. The van der Waals surface area contributed by atoms with Gasteiger partial charge in [0.15, 0.2) is 0 Å². The Morgan fingerprint density at radius 2 is 2.05 bits per heavy atom. The molecule has 1 fully saturated rings. The van der Waals surface area contributed by atoms with Crippen molar-refractivity contribution in [3.8, 4) is 5.69 Å². The summed E-state index contributed by atoms with van der Waals surface area (Å²) in [7, 11) is 0. The van der Waals surface area contributed by atoms with Crippen LogP contribution in [0.25, 0.3) is 5.69 Å². The number of rotatable bonds is 4. The van der Waals surface area contributed by atoms with E-state index in [1.54, 1.807) is 0 Å². The van der Waals surface area contributed by atoms with E-state index in [9.17, 15) is 0 Å². The van der Waals surface area contributed by atoms with Crippen LogP contribution >= 0.6 is 0 Å². The molecule has 3 nitrogen and oxygen atoms in total. The van der Waals surface area contributed by atoms with Crippen LogP contribution in [0.2, 0.25) is 0 Å². The molecule has 3 atom stereocenters. The summed E-state index contributed by atoms with van der Waals surface area (Å²) in [6.07, 6.45) is 7.76. The minimum absolute atomic E-state index is 0.546. The Bertz CT molecular complexity index is 546. The van der Waals surface area contributed by atoms with Gasteiger partial charge in [-0.3, -0.25) is 4.57 Å². The van der Waals surface area contributed by atoms with E-state index >= 15 is 0 Å². The van der Waals surface area contributed by atoms with Crippen molar-refractivity contribution in [2.45, 2.75) is 39.2 Å². The summed E-state index contributed by atoms with van der Waals surface area (Å²) in [5.74, 6) is 2.54. The van der Waals surface area contributed by atoms with Gasteiger partial charge in [-0.15, -0.1) is 0 Å². The molecule has 2 aromatic rings. The summed E-state index contributed by atoms with van der Waals surface area (Å²) in [4.78, 5) is 4.49. The Kier molecular flexibility index (Phi) is 3.77. The lowest BCUT2D eigenvalue weighted by molar-refractivity contribution is 0.391. The highest BCUT2D eigenvalue weighted by Gasteiger charge is 2.32. The highest BCUT2D eigenvalue weighted by atomic mass is 15.2. The number of benzene rings is 1. The lowest BCUT2D eigenvalue weighted by Gasteiger charge is -2.22. The zero-order valence-electron chi connectivity index (χ0n) is 12.3. The summed E-state index contributed by atoms with van der Waals surface area (Å²) in [5.41, 5.74) is 1.16. The Morgan fingerprint density at radius 3 is 2.75 bits per heavy atom. The molecule has 1 N–H and O–H groups in total. The van der Waals surface area contributed by atoms with Crippen LogP contribution < -0.4 is 5.32 Å². The number of nitrogens with one attached hydrogen (secondary N) is 1. The molecule has 0 saturated heterocycles. The molecule has 1 aromatic carbocycles. The van der Waals surface area contributed by atoms with Gasteiger partial charge in [-0.2, -0.15) is 0 Å². The van der Waals surface area contributed by atoms with Gasteiger partial charge in [0.1, 0.15) is 0 Å². The average molecular weight is 269 g/mol. The number of nitrogens with zero attached hydrogens (tertiary/aromatic N) is 2. The third kappa shape index (κ3) is 2.45. The first-order chi connectivity index (χ1) is 9.79. The fourth-order valence-electron chi connectivity index (χ4n) is 3.40. The molecule has 0 bridgehead atoms. The van der Waals surface area contributed by atoms with E-state index in [-0.39, 0.29) is 0 Å². The van der Waals surface area contributed by atoms with Crippen molar-refractivity contribution in [2.24, 2.45) is 11.8 Å². The van der Waals surface area contributed by atoms with Crippen LogP contribution in [0.5, 0.6) is 0 Å². The van der Waals surface area contributed by atoms with Gasteiger partial charge in [0.2, 0.25) is 5.95 Å². The van der Waals surface area contributed by atoms with Crippen LogP contribution in [-0.4, -0.2) is 15.6 Å². The summed E-state index contributed by atoms with van der Waals surface area (Å²) >= 11 is 0. The highest BCUT2D eigenvalue weighted by molar-refractivity contribution is 5.42. The largest absolute Gasteiger partial charge is 0.352 e. The van der Waals surface area contributed by atoms with Crippen molar-refractivity contribution in [1.29, 1.82) is 0 Å². The molecule has 106 valence electrons. The molecule has 0 spiro atoms. The normalized spacial score (nSPS) is 25.8. The standard InChI is InChI=1S/C17H23N3/c1-3-14-9-10-16(13(14)2)19-17-18-11-12-20(17)15-7-5-4-6-8-15/h4-8,11-14,16H,3,9-10H2,1-2H3,(H,18,19). The molecule has 0 aliphatic heterocycles. The smallest absolute Gasteiger partial charge is 0.207 e. The van der Waals surface area contributed by atoms with Gasteiger partial charge in [-0.1, -0.05) is 38.5 Å². The van der Waals surface area contributed by atoms with Crippen molar-refractivity contribution in [3.63, 3.8) is 0 Å². The minimum atomic E-state index is 0.546. The summed E-state index contributed by atoms with van der Waals surface area (Å²) < 4.78 is 2.13. The number of imidazole rings is 1. The predicted molar refractivity (Wildman–Crippen MR) is 83.2 cm³/mol. The third-order valence-corrected chi connectivity index (χ3v) is 4.74. The predicted octanol–water partition coefficient (Wildman–Crippen LogP) is 4.11. The van der Waals surface area contributed by atoms with Crippen LogP contribution in [0.4, 0.5) is 5.95 Å². The first kappa shape index (κ1) is 13.2. The van der Waals surface area contributed by atoms with E-state index in [0.29, 0.717) is 6.04 Å². The zero-order chi connectivity index (χ0) is 13.9. The topological polar surface area (TPSA) is 29.9 Å². The molecule has 1 aliphatic carbocycles. The van der Waals surface area contributed by atoms with Crippen molar-refractivity contribution in [1.82, 2.24) is 9.55 Å². The fraction of sp³-hybridized carbons (Fsp3) is 0.471. The van der Waals surface area contributed by atoms with E-state index in [0.717, 1.165) is 23.5 Å². The Morgan fingerprint density at radius 1 is 1.25 bits per heavy atom. The molecule has 0 radical (unpaired) electrons. The van der Waals surface area contributed by atoms with Crippen molar-refractivity contribution in [2.75, 3.05) is 5.32 Å². The molecule has 0 amide bonds. The summed E-state index contributed by atoms with van der Waals surface area (Å²) in [6, 6.07) is 10.9. The van der Waals surface area contributed by atoms with Crippen LogP contribution in [-0.2, 0) is 0 Å². The Labute approximate surface area is 121 Å². The van der Waals surface area contributed by atoms with Gasteiger partial charge in [0.05, 0.1) is 0 Å².